The minimum absolute atomic E-state index is 0.0428. The molecular formula is C13H12N2. The summed E-state index contributed by atoms with van der Waals surface area (Å²) < 4.78 is 0. The highest BCUT2D eigenvalue weighted by molar-refractivity contribution is 5.50. The zero-order valence-corrected chi connectivity index (χ0v) is 8.30. The summed E-state index contributed by atoms with van der Waals surface area (Å²) >= 11 is 0. The molecule has 0 fully saturated rings. The average molecular weight is 196 g/mol. The first kappa shape index (κ1) is 9.42. The molecule has 15 heavy (non-hydrogen) atoms. The highest BCUT2D eigenvalue weighted by atomic mass is 15.1. The predicted molar refractivity (Wildman–Crippen MR) is 62.5 cm³/mol. The number of nitrogens with zero attached hydrogens (tertiary/aromatic N) is 1. The normalized spacial score (nSPS) is 18.9. The minimum Gasteiger partial charge on any atom is -0.398 e. The van der Waals surface area contributed by atoms with Gasteiger partial charge < -0.3 is 5.73 Å². The van der Waals surface area contributed by atoms with Crippen LogP contribution in [0.4, 0.5) is 5.69 Å². The van der Waals surface area contributed by atoms with Gasteiger partial charge in [0.05, 0.1) is 6.04 Å². The summed E-state index contributed by atoms with van der Waals surface area (Å²) in [6.45, 7) is 0. The van der Waals surface area contributed by atoms with Gasteiger partial charge in [-0.05, 0) is 12.1 Å². The molecule has 0 saturated heterocycles. The summed E-state index contributed by atoms with van der Waals surface area (Å²) in [5, 5.41) is 0. The Hall–Kier alpha value is -2.14. The van der Waals surface area contributed by atoms with Crippen molar-refractivity contribution in [3.05, 3.63) is 54.3 Å². The van der Waals surface area contributed by atoms with Crippen molar-refractivity contribution in [3.8, 4) is 12.5 Å². The number of terminal acetylenes is 1. The van der Waals surface area contributed by atoms with Crippen molar-refractivity contribution in [3.63, 3.8) is 0 Å². The fourth-order valence-corrected chi connectivity index (χ4v) is 1.65. The monoisotopic (exact) mass is 196 g/mol. The first-order chi connectivity index (χ1) is 7.33. The lowest BCUT2D eigenvalue weighted by Crippen LogP contribution is -2.19. The Labute approximate surface area is 89.7 Å². The van der Waals surface area contributed by atoms with Crippen LogP contribution < -0.4 is 5.73 Å². The Morgan fingerprint density at radius 2 is 2.07 bits per heavy atom. The maximum Gasteiger partial charge on any atom is 0.0872 e. The van der Waals surface area contributed by atoms with Gasteiger partial charge in [0.25, 0.3) is 0 Å². The van der Waals surface area contributed by atoms with Gasteiger partial charge in [0.1, 0.15) is 0 Å². The smallest absolute Gasteiger partial charge is 0.0872 e. The van der Waals surface area contributed by atoms with Gasteiger partial charge in [-0.3, -0.25) is 4.90 Å². The van der Waals surface area contributed by atoms with Gasteiger partial charge in [0.15, 0.2) is 0 Å². The molecule has 2 heteroatoms. The number of rotatable bonds is 1. The van der Waals surface area contributed by atoms with Crippen LogP contribution in [0.5, 0.6) is 0 Å². The van der Waals surface area contributed by atoms with Crippen molar-refractivity contribution >= 4 is 5.69 Å². The molecule has 2 nitrogen and oxygen atoms in total. The van der Waals surface area contributed by atoms with Crippen LogP contribution in [0.2, 0.25) is 0 Å². The van der Waals surface area contributed by atoms with E-state index in [1.807, 2.05) is 48.7 Å². The van der Waals surface area contributed by atoms with Gasteiger partial charge >= 0.3 is 0 Å². The molecule has 74 valence electrons. The number of para-hydroxylation sites is 1. The first-order valence-corrected chi connectivity index (χ1v) is 4.77. The lowest BCUT2D eigenvalue weighted by Gasteiger charge is -2.25. The summed E-state index contributed by atoms with van der Waals surface area (Å²) in [6.07, 6.45) is 13.2. The Balaban J connectivity index is 2.39. The van der Waals surface area contributed by atoms with Crippen LogP contribution in [0.1, 0.15) is 11.6 Å². The number of anilines is 1. The quantitative estimate of drug-likeness (QED) is 0.551. The zero-order chi connectivity index (χ0) is 10.7. The van der Waals surface area contributed by atoms with Crippen molar-refractivity contribution < 1.29 is 0 Å². The van der Waals surface area contributed by atoms with E-state index < -0.39 is 0 Å². The largest absolute Gasteiger partial charge is 0.398 e. The molecular weight excluding hydrogens is 184 g/mol. The topological polar surface area (TPSA) is 29.3 Å². The van der Waals surface area contributed by atoms with Gasteiger partial charge in [-0.2, -0.15) is 0 Å². The molecule has 1 unspecified atom stereocenters. The number of benzene rings is 1. The van der Waals surface area contributed by atoms with Gasteiger partial charge in [0.2, 0.25) is 0 Å². The molecule has 0 amide bonds. The van der Waals surface area contributed by atoms with E-state index in [0.29, 0.717) is 0 Å². The number of hydrogen-bond acceptors (Lipinski definition) is 2. The van der Waals surface area contributed by atoms with E-state index in [9.17, 15) is 0 Å². The molecule has 1 aromatic rings. The van der Waals surface area contributed by atoms with Gasteiger partial charge in [0, 0.05) is 23.5 Å². The molecule has 1 aliphatic rings. The highest BCUT2D eigenvalue weighted by Crippen LogP contribution is 2.28. The summed E-state index contributed by atoms with van der Waals surface area (Å²) in [4.78, 5) is 1.80. The molecule has 2 rings (SSSR count). The van der Waals surface area contributed by atoms with E-state index in [1.165, 1.54) is 0 Å². The molecule has 2 N–H and O–H groups in total. The van der Waals surface area contributed by atoms with E-state index in [4.69, 9.17) is 12.2 Å². The molecule has 0 bridgehead atoms. The van der Waals surface area contributed by atoms with Crippen LogP contribution in [-0.2, 0) is 0 Å². The van der Waals surface area contributed by atoms with Crippen LogP contribution in [-0.4, -0.2) is 4.90 Å². The third-order valence-corrected chi connectivity index (χ3v) is 2.41. The Morgan fingerprint density at radius 3 is 2.80 bits per heavy atom. The van der Waals surface area contributed by atoms with Crippen molar-refractivity contribution in [2.75, 3.05) is 5.73 Å². The molecule has 0 aliphatic carbocycles. The number of allylic oxidation sites excluding steroid dienone is 2. The Bertz CT molecular complexity index is 452. The average Bonchev–Trinajstić information content (AvgIpc) is 2.30. The summed E-state index contributed by atoms with van der Waals surface area (Å²) in [5.41, 5.74) is 7.72. The van der Waals surface area contributed by atoms with Crippen LogP contribution in [0.15, 0.2) is 48.7 Å². The summed E-state index contributed by atoms with van der Waals surface area (Å²) in [7, 11) is 0. The standard InChI is InChI=1S/C13H12N2/c1-2-15-10-6-5-9-13(15)11-7-3-4-8-12(11)14/h1,3-10,13H,14H2. The molecule has 1 aromatic carbocycles. The van der Waals surface area contributed by atoms with Crippen molar-refractivity contribution in [1.82, 2.24) is 4.90 Å². The fourth-order valence-electron chi connectivity index (χ4n) is 1.65. The third kappa shape index (κ3) is 1.72. The third-order valence-electron chi connectivity index (χ3n) is 2.41. The maximum absolute atomic E-state index is 5.92. The van der Waals surface area contributed by atoms with Crippen LogP contribution in [0.3, 0.4) is 0 Å². The molecule has 1 atom stereocenters. The van der Waals surface area contributed by atoms with Crippen LogP contribution in [0.25, 0.3) is 0 Å². The van der Waals surface area contributed by atoms with E-state index in [1.54, 1.807) is 4.90 Å². The molecule has 0 spiro atoms. The van der Waals surface area contributed by atoms with Crippen molar-refractivity contribution in [1.29, 1.82) is 0 Å². The van der Waals surface area contributed by atoms with Gasteiger partial charge in [-0.1, -0.05) is 36.8 Å². The Kier molecular flexibility index (Phi) is 2.47. The molecule has 1 aliphatic heterocycles. The second-order valence-corrected chi connectivity index (χ2v) is 3.34. The minimum atomic E-state index is 0.0428. The van der Waals surface area contributed by atoms with E-state index in [0.717, 1.165) is 11.3 Å². The second kappa shape index (κ2) is 3.93. The van der Waals surface area contributed by atoms with Crippen LogP contribution >= 0.6 is 0 Å². The lowest BCUT2D eigenvalue weighted by atomic mass is 10.0. The predicted octanol–water partition coefficient (Wildman–Crippen LogP) is 2.29. The number of hydrogen-bond donors (Lipinski definition) is 1. The number of nitrogens with two attached hydrogens (primary N) is 1. The lowest BCUT2D eigenvalue weighted by molar-refractivity contribution is 0.459. The summed E-state index contributed by atoms with van der Waals surface area (Å²) in [5.74, 6) is 0. The summed E-state index contributed by atoms with van der Waals surface area (Å²) in [6, 6.07) is 10.4. The SMILES string of the molecule is C#CN1C=CC=CC1c1ccccc1N. The van der Waals surface area contributed by atoms with Crippen molar-refractivity contribution in [2.45, 2.75) is 6.04 Å². The molecule has 0 aromatic heterocycles. The number of nitrogen functional groups attached to an aromatic ring is 1. The van der Waals surface area contributed by atoms with Crippen molar-refractivity contribution in [2.24, 2.45) is 0 Å². The zero-order valence-electron chi connectivity index (χ0n) is 8.30. The van der Waals surface area contributed by atoms with Crippen LogP contribution in [0, 0.1) is 12.5 Å². The molecule has 1 heterocycles. The van der Waals surface area contributed by atoms with E-state index in [2.05, 4.69) is 6.04 Å². The first-order valence-electron chi connectivity index (χ1n) is 4.77. The maximum atomic E-state index is 5.92. The van der Waals surface area contributed by atoms with E-state index >= 15 is 0 Å². The molecule has 0 saturated carbocycles. The highest BCUT2D eigenvalue weighted by Gasteiger charge is 2.16. The fraction of sp³-hybridized carbons (Fsp3) is 0.0769. The van der Waals surface area contributed by atoms with Gasteiger partial charge in [-0.15, -0.1) is 0 Å². The second-order valence-electron chi connectivity index (χ2n) is 3.34. The van der Waals surface area contributed by atoms with E-state index in [-0.39, 0.29) is 6.04 Å². The van der Waals surface area contributed by atoms with Gasteiger partial charge in [-0.25, -0.2) is 0 Å². The molecule has 0 radical (unpaired) electrons. The Morgan fingerprint density at radius 1 is 1.27 bits per heavy atom.